The Labute approximate surface area is 147 Å². The monoisotopic (exact) mass is 340 g/mol. The zero-order valence-electron chi connectivity index (χ0n) is 16.0. The van der Waals surface area contributed by atoms with Crippen LogP contribution in [0.5, 0.6) is 0 Å². The van der Waals surface area contributed by atoms with Gasteiger partial charge in [-0.05, 0) is 76.0 Å². The second kappa shape index (κ2) is 7.33. The van der Waals surface area contributed by atoms with Gasteiger partial charge in [0.25, 0.3) is 0 Å². The van der Waals surface area contributed by atoms with Gasteiger partial charge in [-0.15, -0.1) is 0 Å². The van der Waals surface area contributed by atoms with Crippen LogP contribution in [0.4, 0.5) is 0 Å². The largest absolute Gasteiger partial charge is 0.462 e. The lowest BCUT2D eigenvalue weighted by Crippen LogP contribution is -2.43. The quantitative estimate of drug-likeness (QED) is 0.724. The highest BCUT2D eigenvalue weighted by molar-refractivity contribution is 5.66. The third kappa shape index (κ3) is 4.13. The van der Waals surface area contributed by atoms with Gasteiger partial charge in [-0.2, -0.15) is 0 Å². The summed E-state index contributed by atoms with van der Waals surface area (Å²) >= 11 is 0. The number of carbonyl (C=O) groups excluding carboxylic acids is 1. The summed E-state index contributed by atoms with van der Waals surface area (Å²) in [5.74, 6) is 1.43. The molecule has 2 N–H and O–H groups in total. The lowest BCUT2D eigenvalue weighted by molar-refractivity contribution is -0.155. The van der Waals surface area contributed by atoms with Crippen LogP contribution in [0, 0.1) is 23.2 Å². The summed E-state index contributed by atoms with van der Waals surface area (Å²) in [6.45, 7) is 9.51. The van der Waals surface area contributed by atoms with Crippen molar-refractivity contribution in [2.24, 2.45) is 23.2 Å². The molecule has 0 heterocycles. The first-order valence-corrected chi connectivity index (χ1v) is 9.63. The van der Waals surface area contributed by atoms with Crippen molar-refractivity contribution in [2.75, 3.05) is 0 Å². The summed E-state index contributed by atoms with van der Waals surface area (Å²) in [6.07, 6.45) is 6.62. The molecule has 0 bridgehead atoms. The normalized spacial score (nSPS) is 36.0. The van der Waals surface area contributed by atoms with Gasteiger partial charge in [-0.1, -0.05) is 13.8 Å². The van der Waals surface area contributed by atoms with Crippen molar-refractivity contribution in [2.45, 2.75) is 97.4 Å². The van der Waals surface area contributed by atoms with Gasteiger partial charge in [0.1, 0.15) is 6.10 Å². The van der Waals surface area contributed by atoms with Crippen molar-refractivity contribution in [1.29, 1.82) is 0 Å². The van der Waals surface area contributed by atoms with E-state index in [1.165, 1.54) is 19.8 Å². The molecule has 2 aliphatic rings. The fourth-order valence-corrected chi connectivity index (χ4v) is 5.42. The summed E-state index contributed by atoms with van der Waals surface area (Å²) in [5.41, 5.74) is -0.801. The molecule has 4 heteroatoms. The Hall–Kier alpha value is -0.610. The number of fused-ring (bicyclic) bond motifs is 1. The molecule has 6 atom stereocenters. The topological polar surface area (TPSA) is 66.8 Å². The summed E-state index contributed by atoms with van der Waals surface area (Å²) < 4.78 is 5.63. The van der Waals surface area contributed by atoms with Crippen molar-refractivity contribution in [3.63, 3.8) is 0 Å². The molecular weight excluding hydrogens is 304 g/mol. The highest BCUT2D eigenvalue weighted by Crippen LogP contribution is 2.58. The zero-order valence-corrected chi connectivity index (χ0v) is 16.0. The van der Waals surface area contributed by atoms with Crippen LogP contribution >= 0.6 is 0 Å². The van der Waals surface area contributed by atoms with Gasteiger partial charge in [0.2, 0.25) is 0 Å². The van der Waals surface area contributed by atoms with E-state index < -0.39 is 11.7 Å². The molecule has 4 nitrogen and oxygen atoms in total. The molecule has 0 radical (unpaired) electrons. The third-order valence-corrected chi connectivity index (χ3v) is 6.85. The summed E-state index contributed by atoms with van der Waals surface area (Å²) in [5, 5.41) is 20.0. The highest BCUT2D eigenvalue weighted by Gasteiger charge is 2.53. The Morgan fingerprint density at radius 1 is 1.29 bits per heavy atom. The van der Waals surface area contributed by atoms with Crippen LogP contribution in [0.2, 0.25) is 0 Å². The fraction of sp³-hybridized carbons (Fsp3) is 0.950. The molecule has 0 unspecified atom stereocenters. The third-order valence-electron chi connectivity index (χ3n) is 6.85. The highest BCUT2D eigenvalue weighted by atomic mass is 16.5. The lowest BCUT2D eigenvalue weighted by atomic mass is 9.61. The van der Waals surface area contributed by atoms with Crippen LogP contribution < -0.4 is 0 Å². The molecule has 2 rings (SSSR count). The average Bonchev–Trinajstić information content (AvgIpc) is 2.81. The van der Waals surface area contributed by atoms with Crippen molar-refractivity contribution >= 4 is 5.97 Å². The minimum absolute atomic E-state index is 0.0837. The summed E-state index contributed by atoms with van der Waals surface area (Å²) in [4.78, 5) is 11.4. The van der Waals surface area contributed by atoms with Crippen LogP contribution in [0.15, 0.2) is 0 Å². The molecule has 2 saturated carbocycles. The number of esters is 1. The van der Waals surface area contributed by atoms with Crippen molar-refractivity contribution < 1.29 is 19.7 Å². The molecule has 0 aromatic heterocycles. The van der Waals surface area contributed by atoms with Gasteiger partial charge in [0.05, 0.1) is 11.7 Å². The van der Waals surface area contributed by atoms with E-state index in [9.17, 15) is 15.0 Å². The Bertz CT molecular complexity index is 441. The standard InChI is InChI=1S/C20H36O4/c1-13(8-11-18(22)19(3,4)23)15-9-10-16-17(24-14(2)21)7-6-12-20(15,16)5/h13,15-18,22-23H,6-12H2,1-5H3/t13-,15+,16-,17-,18-,20+/m0/s1. The van der Waals surface area contributed by atoms with Crippen molar-refractivity contribution in [1.82, 2.24) is 0 Å². The van der Waals surface area contributed by atoms with Gasteiger partial charge < -0.3 is 14.9 Å². The second-order valence-electron chi connectivity index (χ2n) is 9.06. The summed E-state index contributed by atoms with van der Waals surface area (Å²) in [6, 6.07) is 0. The molecule has 2 aliphatic carbocycles. The lowest BCUT2D eigenvalue weighted by Gasteiger charge is -2.46. The molecular formula is C20H36O4. The minimum Gasteiger partial charge on any atom is -0.462 e. The van der Waals surface area contributed by atoms with Crippen LogP contribution in [0.25, 0.3) is 0 Å². The van der Waals surface area contributed by atoms with E-state index >= 15 is 0 Å². The maximum absolute atomic E-state index is 11.4. The predicted molar refractivity (Wildman–Crippen MR) is 94.4 cm³/mol. The molecule has 24 heavy (non-hydrogen) atoms. The molecule has 0 aliphatic heterocycles. The first-order valence-electron chi connectivity index (χ1n) is 9.63. The number of ether oxygens (including phenoxy) is 1. The van der Waals surface area contributed by atoms with E-state index in [1.807, 2.05) is 0 Å². The number of hydrogen-bond acceptors (Lipinski definition) is 4. The van der Waals surface area contributed by atoms with E-state index in [0.29, 0.717) is 24.2 Å². The molecule has 0 spiro atoms. The Morgan fingerprint density at radius 3 is 2.54 bits per heavy atom. The number of rotatable bonds is 6. The molecule has 140 valence electrons. The van der Waals surface area contributed by atoms with Crippen LogP contribution in [0.1, 0.15) is 79.6 Å². The van der Waals surface area contributed by atoms with Gasteiger partial charge in [-0.25, -0.2) is 0 Å². The van der Waals surface area contributed by atoms with Gasteiger partial charge >= 0.3 is 5.97 Å². The molecule has 0 aromatic rings. The van der Waals surface area contributed by atoms with E-state index in [2.05, 4.69) is 13.8 Å². The Kier molecular flexibility index (Phi) is 6.02. The smallest absolute Gasteiger partial charge is 0.302 e. The van der Waals surface area contributed by atoms with Crippen LogP contribution in [-0.2, 0) is 9.53 Å². The number of aliphatic hydroxyl groups is 2. The second-order valence-corrected chi connectivity index (χ2v) is 9.06. The first kappa shape index (κ1) is 19.7. The number of carbonyl (C=O) groups is 1. The molecule has 0 aromatic carbocycles. The predicted octanol–water partition coefficient (Wildman–Crippen LogP) is 3.68. The average molecular weight is 341 g/mol. The fourth-order valence-electron chi connectivity index (χ4n) is 5.42. The van der Waals surface area contributed by atoms with E-state index in [-0.39, 0.29) is 17.5 Å². The van der Waals surface area contributed by atoms with E-state index in [1.54, 1.807) is 13.8 Å². The maximum Gasteiger partial charge on any atom is 0.302 e. The first-order chi connectivity index (χ1) is 11.1. The molecule has 0 saturated heterocycles. The maximum atomic E-state index is 11.4. The van der Waals surface area contributed by atoms with Crippen LogP contribution in [-0.4, -0.2) is 34.0 Å². The van der Waals surface area contributed by atoms with Crippen molar-refractivity contribution in [3.05, 3.63) is 0 Å². The van der Waals surface area contributed by atoms with Gasteiger partial charge in [0, 0.05) is 12.8 Å². The van der Waals surface area contributed by atoms with Gasteiger partial charge in [0.15, 0.2) is 0 Å². The van der Waals surface area contributed by atoms with Crippen LogP contribution in [0.3, 0.4) is 0 Å². The number of hydrogen-bond donors (Lipinski definition) is 2. The van der Waals surface area contributed by atoms with Crippen molar-refractivity contribution in [3.8, 4) is 0 Å². The zero-order chi connectivity index (χ0) is 18.1. The minimum atomic E-state index is -1.03. The van der Waals surface area contributed by atoms with E-state index in [4.69, 9.17) is 4.74 Å². The van der Waals surface area contributed by atoms with Gasteiger partial charge in [-0.3, -0.25) is 4.79 Å². The Morgan fingerprint density at radius 2 is 1.96 bits per heavy atom. The summed E-state index contributed by atoms with van der Waals surface area (Å²) in [7, 11) is 0. The SMILES string of the molecule is CC(=O)O[C@H]1CCC[C@]2(C)[C@@H]([C@@H](C)CC[C@H](O)C(C)(C)O)CC[C@@H]12. The number of aliphatic hydroxyl groups excluding tert-OH is 1. The van der Waals surface area contributed by atoms with E-state index in [0.717, 1.165) is 25.7 Å². The molecule has 2 fully saturated rings. The molecule has 0 amide bonds. The Balaban J connectivity index is 2.00.